The second-order valence-electron chi connectivity index (χ2n) is 4.61. The van der Waals surface area contributed by atoms with Crippen LogP contribution in [-0.4, -0.2) is 57.1 Å². The van der Waals surface area contributed by atoms with Crippen LogP contribution >= 0.6 is 0 Å². The van der Waals surface area contributed by atoms with Gasteiger partial charge in [-0.15, -0.1) is 0 Å². The molecule has 8 nitrogen and oxygen atoms in total. The molecule has 1 aliphatic heterocycles. The summed E-state index contributed by atoms with van der Waals surface area (Å²) in [6, 6.07) is -2.31. The zero-order valence-electron chi connectivity index (χ0n) is 10.4. The summed E-state index contributed by atoms with van der Waals surface area (Å²) in [5.74, 6) is -2.57. The fourth-order valence-electron chi connectivity index (χ4n) is 1.68. The van der Waals surface area contributed by atoms with Gasteiger partial charge in [0.15, 0.2) is 6.04 Å². The lowest BCUT2D eigenvalue weighted by atomic mass is 10.0. The van der Waals surface area contributed by atoms with Gasteiger partial charge in [0.05, 0.1) is 6.54 Å². The SMILES string of the molecule is CC(C(=O)O)N1C(=N)C(C)(C)N=NCC1C(=O)O. The van der Waals surface area contributed by atoms with E-state index in [9.17, 15) is 9.59 Å². The van der Waals surface area contributed by atoms with Crippen molar-refractivity contribution in [3.63, 3.8) is 0 Å². The van der Waals surface area contributed by atoms with E-state index < -0.39 is 29.6 Å². The Hall–Kier alpha value is -1.99. The molecule has 0 amide bonds. The van der Waals surface area contributed by atoms with Crippen LogP contribution in [0.15, 0.2) is 10.2 Å². The minimum absolute atomic E-state index is 0.161. The molecule has 0 aromatic rings. The molecule has 0 radical (unpaired) electrons. The van der Waals surface area contributed by atoms with Crippen molar-refractivity contribution in [3.05, 3.63) is 0 Å². The molecule has 0 spiro atoms. The van der Waals surface area contributed by atoms with Gasteiger partial charge in [0.25, 0.3) is 0 Å². The van der Waals surface area contributed by atoms with Crippen molar-refractivity contribution in [3.8, 4) is 0 Å². The average Bonchev–Trinajstić information content (AvgIpc) is 2.36. The topological polar surface area (TPSA) is 126 Å². The van der Waals surface area contributed by atoms with Crippen LogP contribution in [0.25, 0.3) is 0 Å². The lowest BCUT2D eigenvalue weighted by Crippen LogP contribution is -2.57. The molecule has 1 heterocycles. The van der Waals surface area contributed by atoms with Crippen molar-refractivity contribution in [2.75, 3.05) is 6.54 Å². The highest BCUT2D eigenvalue weighted by Gasteiger charge is 2.42. The number of carboxylic acids is 2. The maximum Gasteiger partial charge on any atom is 0.328 e. The van der Waals surface area contributed by atoms with Crippen LogP contribution < -0.4 is 0 Å². The fraction of sp³-hybridized carbons (Fsp3) is 0.700. The number of hydrogen-bond donors (Lipinski definition) is 3. The number of carbonyl (C=O) groups is 2. The quantitative estimate of drug-likeness (QED) is 0.675. The molecule has 0 saturated heterocycles. The molecule has 0 aromatic carbocycles. The van der Waals surface area contributed by atoms with Gasteiger partial charge >= 0.3 is 11.9 Å². The maximum atomic E-state index is 11.2. The first-order valence-electron chi connectivity index (χ1n) is 5.40. The van der Waals surface area contributed by atoms with Crippen LogP contribution in [0.3, 0.4) is 0 Å². The monoisotopic (exact) mass is 256 g/mol. The molecule has 8 heteroatoms. The van der Waals surface area contributed by atoms with E-state index >= 15 is 0 Å². The third-order valence-corrected chi connectivity index (χ3v) is 2.81. The van der Waals surface area contributed by atoms with Gasteiger partial charge in [-0.25, -0.2) is 9.59 Å². The van der Waals surface area contributed by atoms with Gasteiger partial charge in [0.1, 0.15) is 17.4 Å². The largest absolute Gasteiger partial charge is 0.480 e. The molecule has 0 aromatic heterocycles. The summed E-state index contributed by atoms with van der Waals surface area (Å²) in [6.45, 7) is 4.35. The molecule has 100 valence electrons. The van der Waals surface area contributed by atoms with Crippen molar-refractivity contribution in [2.24, 2.45) is 10.2 Å². The van der Waals surface area contributed by atoms with E-state index in [1.165, 1.54) is 6.92 Å². The Morgan fingerprint density at radius 3 is 2.50 bits per heavy atom. The Kier molecular flexibility index (Phi) is 3.68. The molecular weight excluding hydrogens is 240 g/mol. The number of azo groups is 1. The predicted octanol–water partition coefficient (Wildman–Crippen LogP) is 0.436. The van der Waals surface area contributed by atoms with Crippen LogP contribution in [-0.2, 0) is 9.59 Å². The molecule has 0 bridgehead atoms. The van der Waals surface area contributed by atoms with Gasteiger partial charge in [-0.3, -0.25) is 5.41 Å². The Labute approximate surface area is 104 Å². The highest BCUT2D eigenvalue weighted by molar-refractivity contribution is 5.95. The van der Waals surface area contributed by atoms with E-state index in [-0.39, 0.29) is 12.4 Å². The third-order valence-electron chi connectivity index (χ3n) is 2.81. The molecule has 0 fully saturated rings. The molecule has 2 atom stereocenters. The van der Waals surface area contributed by atoms with Crippen molar-refractivity contribution >= 4 is 17.8 Å². The summed E-state index contributed by atoms with van der Waals surface area (Å²) in [5, 5.41) is 33.7. The molecule has 0 saturated carbocycles. The van der Waals surface area contributed by atoms with Crippen molar-refractivity contribution in [1.29, 1.82) is 5.41 Å². The lowest BCUT2D eigenvalue weighted by molar-refractivity contribution is -0.146. The minimum atomic E-state index is -1.22. The number of rotatable bonds is 3. The number of carboxylic acid groups (broad SMARTS) is 2. The molecule has 3 N–H and O–H groups in total. The predicted molar refractivity (Wildman–Crippen MR) is 61.9 cm³/mol. The van der Waals surface area contributed by atoms with Crippen molar-refractivity contribution in [2.45, 2.75) is 38.4 Å². The van der Waals surface area contributed by atoms with Gasteiger partial charge in [0.2, 0.25) is 0 Å². The summed E-state index contributed by atoms with van der Waals surface area (Å²) in [5.41, 5.74) is -1.03. The zero-order chi connectivity index (χ0) is 14.1. The first-order chi connectivity index (χ1) is 8.18. The van der Waals surface area contributed by atoms with E-state index in [2.05, 4.69) is 10.2 Å². The smallest absolute Gasteiger partial charge is 0.328 e. The highest BCUT2D eigenvalue weighted by atomic mass is 16.4. The number of nitrogens with zero attached hydrogens (tertiary/aromatic N) is 3. The normalized spacial score (nSPS) is 24.5. The molecular formula is C10H16N4O4. The Bertz CT molecular complexity index is 418. The summed E-state index contributed by atoms with van der Waals surface area (Å²) in [6.07, 6.45) is 0. The molecule has 18 heavy (non-hydrogen) atoms. The summed E-state index contributed by atoms with van der Waals surface area (Å²) in [7, 11) is 0. The van der Waals surface area contributed by atoms with Crippen LogP contribution in [0.1, 0.15) is 20.8 Å². The molecule has 2 unspecified atom stereocenters. The molecule has 0 aliphatic carbocycles. The lowest BCUT2D eigenvalue weighted by Gasteiger charge is -2.35. The summed E-state index contributed by atoms with van der Waals surface area (Å²) in [4.78, 5) is 23.3. The van der Waals surface area contributed by atoms with E-state index in [0.717, 1.165) is 4.90 Å². The highest BCUT2D eigenvalue weighted by Crippen LogP contribution is 2.23. The number of hydrogen-bond acceptors (Lipinski definition) is 5. The van der Waals surface area contributed by atoms with E-state index in [1.807, 2.05) is 0 Å². The third kappa shape index (κ3) is 2.47. The van der Waals surface area contributed by atoms with Crippen LogP contribution in [0.5, 0.6) is 0 Å². The number of nitrogens with one attached hydrogen (secondary N) is 1. The first-order valence-corrected chi connectivity index (χ1v) is 5.40. The summed E-state index contributed by atoms with van der Waals surface area (Å²) < 4.78 is 0. The number of aliphatic carboxylic acids is 2. The average molecular weight is 256 g/mol. The van der Waals surface area contributed by atoms with E-state index in [0.29, 0.717) is 0 Å². The van der Waals surface area contributed by atoms with Crippen LogP contribution in [0.2, 0.25) is 0 Å². The van der Waals surface area contributed by atoms with Gasteiger partial charge in [0, 0.05) is 0 Å². The number of amidine groups is 1. The van der Waals surface area contributed by atoms with Gasteiger partial charge in [-0.05, 0) is 20.8 Å². The minimum Gasteiger partial charge on any atom is -0.480 e. The van der Waals surface area contributed by atoms with Crippen LogP contribution in [0, 0.1) is 5.41 Å². The maximum absolute atomic E-state index is 11.2. The Morgan fingerprint density at radius 1 is 1.50 bits per heavy atom. The van der Waals surface area contributed by atoms with Crippen LogP contribution in [0.4, 0.5) is 0 Å². The second kappa shape index (κ2) is 4.71. The zero-order valence-corrected chi connectivity index (χ0v) is 10.4. The standard InChI is InChI=1S/C10H16N4O4/c1-5(7(15)16)14-6(8(17)18)4-12-13-10(2,3)9(14)11/h5-6,11H,4H2,1-3H3,(H,15,16)(H,17,18). The Balaban J connectivity index is 3.22. The molecule has 1 aliphatic rings. The Morgan fingerprint density at radius 2 is 2.06 bits per heavy atom. The van der Waals surface area contributed by atoms with Crippen molar-refractivity contribution in [1.82, 2.24) is 4.90 Å². The summed E-state index contributed by atoms with van der Waals surface area (Å²) >= 11 is 0. The van der Waals surface area contributed by atoms with Gasteiger partial charge < -0.3 is 15.1 Å². The van der Waals surface area contributed by atoms with Crippen molar-refractivity contribution < 1.29 is 19.8 Å². The van der Waals surface area contributed by atoms with Gasteiger partial charge in [-0.1, -0.05) is 0 Å². The van der Waals surface area contributed by atoms with E-state index in [4.69, 9.17) is 15.6 Å². The van der Waals surface area contributed by atoms with Gasteiger partial charge in [-0.2, -0.15) is 10.2 Å². The second-order valence-corrected chi connectivity index (χ2v) is 4.61. The first kappa shape index (κ1) is 14.1. The van der Waals surface area contributed by atoms with E-state index in [1.54, 1.807) is 13.8 Å². The fourth-order valence-corrected chi connectivity index (χ4v) is 1.68. The molecule has 1 rings (SSSR count).